The molecule has 0 saturated carbocycles. The third kappa shape index (κ3) is 4.08. The fourth-order valence-corrected chi connectivity index (χ4v) is 2.38. The van der Waals surface area contributed by atoms with Crippen LogP contribution in [0.15, 0.2) is 24.3 Å². The Labute approximate surface area is 126 Å². The number of esters is 1. The van der Waals surface area contributed by atoms with Gasteiger partial charge in [-0.25, -0.2) is 4.79 Å². The number of hydrogen-bond acceptors (Lipinski definition) is 4. The Morgan fingerprint density at radius 2 is 2.05 bits per heavy atom. The number of benzene rings is 1. The molecule has 0 aliphatic carbocycles. The molecule has 1 fully saturated rings. The molecule has 1 saturated heterocycles. The number of ether oxygens (including phenoxy) is 2. The second-order valence-electron chi connectivity index (χ2n) is 5.43. The molecule has 0 spiro atoms. The quantitative estimate of drug-likeness (QED) is 0.631. The van der Waals surface area contributed by atoms with Gasteiger partial charge in [0.25, 0.3) is 0 Å². The van der Waals surface area contributed by atoms with Gasteiger partial charge in [0.2, 0.25) is 0 Å². The molecule has 0 aromatic heterocycles. The number of methoxy groups -OCH3 is 1. The number of carbonyl (C=O) groups is 1. The van der Waals surface area contributed by atoms with E-state index in [-0.39, 0.29) is 5.97 Å². The van der Waals surface area contributed by atoms with E-state index in [0.29, 0.717) is 5.92 Å². The molecule has 0 unspecified atom stereocenters. The van der Waals surface area contributed by atoms with E-state index in [1.807, 2.05) is 6.08 Å². The number of hydrogen-bond donors (Lipinski definition) is 0. The van der Waals surface area contributed by atoms with E-state index < -0.39 is 0 Å². The van der Waals surface area contributed by atoms with Crippen LogP contribution in [0.1, 0.15) is 30.9 Å². The molecule has 21 heavy (non-hydrogen) atoms. The molecule has 0 amide bonds. The molecule has 0 radical (unpaired) electrons. The number of anilines is 1. The lowest BCUT2D eigenvalue weighted by molar-refractivity contribution is -0.134. The first kappa shape index (κ1) is 15.6. The summed E-state index contributed by atoms with van der Waals surface area (Å²) >= 11 is 0. The van der Waals surface area contributed by atoms with Crippen LogP contribution in [0.25, 0.3) is 6.08 Å². The van der Waals surface area contributed by atoms with Crippen LogP contribution in [0, 0.1) is 0 Å². The van der Waals surface area contributed by atoms with Crippen LogP contribution in [0.5, 0.6) is 0 Å². The Hall–Kier alpha value is -1.81. The Morgan fingerprint density at radius 1 is 1.33 bits per heavy atom. The molecule has 0 atom stereocenters. The van der Waals surface area contributed by atoms with Gasteiger partial charge in [-0.1, -0.05) is 19.9 Å². The van der Waals surface area contributed by atoms with Gasteiger partial charge in [-0.15, -0.1) is 0 Å². The molecule has 114 valence electrons. The first-order valence-corrected chi connectivity index (χ1v) is 7.34. The Bertz CT molecular complexity index is 517. The van der Waals surface area contributed by atoms with E-state index in [2.05, 4.69) is 41.7 Å². The zero-order valence-corrected chi connectivity index (χ0v) is 13.0. The lowest BCUT2D eigenvalue weighted by Crippen LogP contribution is -2.36. The molecule has 1 aromatic carbocycles. The summed E-state index contributed by atoms with van der Waals surface area (Å²) in [5, 5.41) is 0. The van der Waals surface area contributed by atoms with Gasteiger partial charge in [-0.05, 0) is 35.3 Å². The molecule has 1 heterocycles. The van der Waals surface area contributed by atoms with E-state index in [1.54, 1.807) is 0 Å². The molecule has 1 aliphatic rings. The highest BCUT2D eigenvalue weighted by Gasteiger charge is 2.15. The van der Waals surface area contributed by atoms with Gasteiger partial charge in [0.05, 0.1) is 20.3 Å². The molecule has 4 nitrogen and oxygen atoms in total. The van der Waals surface area contributed by atoms with Crippen molar-refractivity contribution in [1.82, 2.24) is 0 Å². The molecular formula is C17H23NO3. The molecule has 0 N–H and O–H groups in total. The van der Waals surface area contributed by atoms with Crippen molar-refractivity contribution >= 4 is 17.7 Å². The van der Waals surface area contributed by atoms with Crippen molar-refractivity contribution in [1.29, 1.82) is 0 Å². The van der Waals surface area contributed by atoms with Crippen LogP contribution in [0.2, 0.25) is 0 Å². The first-order chi connectivity index (χ1) is 10.1. The predicted octanol–water partition coefficient (Wildman–Crippen LogP) is 2.83. The van der Waals surface area contributed by atoms with Crippen LogP contribution in [0.4, 0.5) is 5.69 Å². The van der Waals surface area contributed by atoms with Crippen molar-refractivity contribution in [2.75, 3.05) is 38.3 Å². The van der Waals surface area contributed by atoms with Gasteiger partial charge in [0.1, 0.15) is 0 Å². The summed E-state index contributed by atoms with van der Waals surface area (Å²) in [5.41, 5.74) is 3.45. The van der Waals surface area contributed by atoms with E-state index in [0.717, 1.165) is 37.6 Å². The lowest BCUT2D eigenvalue weighted by Gasteiger charge is -2.30. The molecule has 1 aromatic rings. The van der Waals surface area contributed by atoms with Crippen LogP contribution in [-0.4, -0.2) is 39.4 Å². The number of carbonyl (C=O) groups excluding carboxylic acids is 1. The monoisotopic (exact) mass is 289 g/mol. The Balaban J connectivity index is 2.33. The highest BCUT2D eigenvalue weighted by molar-refractivity contribution is 5.88. The summed E-state index contributed by atoms with van der Waals surface area (Å²) in [5.74, 6) is 0.117. The summed E-state index contributed by atoms with van der Waals surface area (Å²) in [6.45, 7) is 7.56. The van der Waals surface area contributed by atoms with Gasteiger partial charge in [0, 0.05) is 24.9 Å². The minimum Gasteiger partial charge on any atom is -0.466 e. The predicted molar refractivity (Wildman–Crippen MR) is 84.6 cm³/mol. The van der Waals surface area contributed by atoms with Crippen molar-refractivity contribution in [3.63, 3.8) is 0 Å². The topological polar surface area (TPSA) is 38.8 Å². The van der Waals surface area contributed by atoms with E-state index in [1.165, 1.54) is 18.7 Å². The number of morpholine rings is 1. The van der Waals surface area contributed by atoms with Crippen molar-refractivity contribution in [3.05, 3.63) is 35.4 Å². The number of nitrogens with zero attached hydrogens (tertiary/aromatic N) is 1. The number of rotatable bonds is 4. The Kier molecular flexibility index (Phi) is 5.39. The fraction of sp³-hybridized carbons (Fsp3) is 0.471. The smallest absolute Gasteiger partial charge is 0.330 e. The first-order valence-electron chi connectivity index (χ1n) is 7.34. The maximum atomic E-state index is 11.3. The second-order valence-corrected chi connectivity index (χ2v) is 5.43. The maximum absolute atomic E-state index is 11.3. The Morgan fingerprint density at radius 3 is 2.67 bits per heavy atom. The van der Waals surface area contributed by atoms with Crippen molar-refractivity contribution < 1.29 is 14.3 Å². The maximum Gasteiger partial charge on any atom is 0.330 e. The molecule has 2 rings (SSSR count). The van der Waals surface area contributed by atoms with Crippen LogP contribution < -0.4 is 4.90 Å². The fourth-order valence-electron chi connectivity index (χ4n) is 2.38. The van der Waals surface area contributed by atoms with Gasteiger partial charge in [-0.2, -0.15) is 0 Å². The van der Waals surface area contributed by atoms with E-state index in [9.17, 15) is 4.79 Å². The van der Waals surface area contributed by atoms with Crippen LogP contribution >= 0.6 is 0 Å². The third-order valence-corrected chi connectivity index (χ3v) is 3.67. The zero-order chi connectivity index (χ0) is 15.2. The van der Waals surface area contributed by atoms with E-state index >= 15 is 0 Å². The van der Waals surface area contributed by atoms with Crippen LogP contribution in [-0.2, 0) is 14.3 Å². The summed E-state index contributed by atoms with van der Waals surface area (Å²) in [6.07, 6.45) is 3.31. The lowest BCUT2D eigenvalue weighted by atomic mass is 9.99. The largest absolute Gasteiger partial charge is 0.466 e. The van der Waals surface area contributed by atoms with Crippen LogP contribution in [0.3, 0.4) is 0 Å². The normalized spacial score (nSPS) is 15.7. The van der Waals surface area contributed by atoms with Crippen molar-refractivity contribution in [2.24, 2.45) is 0 Å². The standard InChI is InChI=1S/C17H23NO3/c1-13(2)14-4-6-16(18-8-10-21-11-9-18)15(12-14)5-7-17(19)20-3/h4-7,12-13H,8-11H2,1-3H3/b7-5+. The van der Waals surface area contributed by atoms with Gasteiger partial charge >= 0.3 is 5.97 Å². The van der Waals surface area contributed by atoms with Gasteiger partial charge in [-0.3, -0.25) is 0 Å². The SMILES string of the molecule is COC(=O)/C=C/c1cc(C(C)C)ccc1N1CCOCC1. The van der Waals surface area contributed by atoms with Gasteiger partial charge < -0.3 is 14.4 Å². The molecule has 1 aliphatic heterocycles. The zero-order valence-electron chi connectivity index (χ0n) is 13.0. The summed E-state index contributed by atoms with van der Waals surface area (Å²) in [4.78, 5) is 13.6. The average molecular weight is 289 g/mol. The highest BCUT2D eigenvalue weighted by atomic mass is 16.5. The summed E-state index contributed by atoms with van der Waals surface area (Å²) < 4.78 is 10.1. The minimum absolute atomic E-state index is 0.335. The average Bonchev–Trinajstić information content (AvgIpc) is 2.53. The summed E-state index contributed by atoms with van der Waals surface area (Å²) in [7, 11) is 1.39. The molecule has 4 heteroatoms. The highest BCUT2D eigenvalue weighted by Crippen LogP contribution is 2.27. The molecular weight excluding hydrogens is 266 g/mol. The van der Waals surface area contributed by atoms with E-state index in [4.69, 9.17) is 4.74 Å². The van der Waals surface area contributed by atoms with Crippen molar-refractivity contribution in [2.45, 2.75) is 19.8 Å². The minimum atomic E-state index is -0.335. The molecule has 0 bridgehead atoms. The third-order valence-electron chi connectivity index (χ3n) is 3.67. The van der Waals surface area contributed by atoms with Gasteiger partial charge in [0.15, 0.2) is 0 Å². The van der Waals surface area contributed by atoms with Crippen molar-refractivity contribution in [3.8, 4) is 0 Å². The second kappa shape index (κ2) is 7.27. The summed E-state index contributed by atoms with van der Waals surface area (Å²) in [6, 6.07) is 6.44.